The van der Waals surface area contributed by atoms with Crippen LogP contribution in [-0.2, 0) is 21.5 Å². The summed E-state index contributed by atoms with van der Waals surface area (Å²) < 4.78 is 10.4. The van der Waals surface area contributed by atoms with E-state index in [-0.39, 0.29) is 6.54 Å². The zero-order valence-corrected chi connectivity index (χ0v) is 16.9. The van der Waals surface area contributed by atoms with Gasteiger partial charge < -0.3 is 20.1 Å². The zero-order valence-electron chi connectivity index (χ0n) is 16.9. The van der Waals surface area contributed by atoms with Crippen LogP contribution in [0.25, 0.3) is 0 Å². The lowest BCUT2D eigenvalue weighted by molar-refractivity contribution is -0.134. The first-order chi connectivity index (χ1) is 14.5. The zero-order chi connectivity index (χ0) is 21.3. The van der Waals surface area contributed by atoms with Crippen LogP contribution >= 0.6 is 0 Å². The minimum Gasteiger partial charge on any atom is -0.497 e. The standard InChI is InChI=1S/C22H23N3O5/c1-29-16-10-15(11-17(12-16)30-2)23-19(26)13-25-20(27)22(24-21(25)28)9-5-7-14-6-3-4-8-18(14)22/h3-4,6,8,10-12H,5,7,9,13H2,1-2H3,(H,23,26)(H,24,28). The molecule has 4 amide bonds. The molecule has 1 spiro atoms. The second-order valence-corrected chi connectivity index (χ2v) is 7.39. The Hall–Kier alpha value is -3.55. The van der Waals surface area contributed by atoms with Crippen LogP contribution in [0.5, 0.6) is 11.5 Å². The van der Waals surface area contributed by atoms with Crippen molar-refractivity contribution in [3.05, 3.63) is 53.6 Å². The van der Waals surface area contributed by atoms with Gasteiger partial charge in [0.2, 0.25) is 5.91 Å². The maximum absolute atomic E-state index is 13.3. The quantitative estimate of drug-likeness (QED) is 0.740. The van der Waals surface area contributed by atoms with Crippen LogP contribution in [0.1, 0.15) is 24.0 Å². The number of hydrogen-bond donors (Lipinski definition) is 2. The fraction of sp³-hybridized carbons (Fsp3) is 0.318. The molecule has 0 radical (unpaired) electrons. The van der Waals surface area contributed by atoms with E-state index in [2.05, 4.69) is 10.6 Å². The molecule has 2 aromatic carbocycles. The minimum atomic E-state index is -1.09. The molecule has 30 heavy (non-hydrogen) atoms. The Morgan fingerprint density at radius 2 is 1.83 bits per heavy atom. The van der Waals surface area contributed by atoms with E-state index in [1.165, 1.54) is 14.2 Å². The van der Waals surface area contributed by atoms with E-state index in [1.807, 2.05) is 24.3 Å². The maximum atomic E-state index is 13.3. The summed E-state index contributed by atoms with van der Waals surface area (Å²) in [5, 5.41) is 5.55. The van der Waals surface area contributed by atoms with Crippen molar-refractivity contribution in [2.45, 2.75) is 24.8 Å². The Kier molecular flexibility index (Phi) is 5.07. The average Bonchev–Trinajstić information content (AvgIpc) is 2.98. The lowest BCUT2D eigenvalue weighted by Crippen LogP contribution is -2.47. The fourth-order valence-electron chi connectivity index (χ4n) is 4.18. The van der Waals surface area contributed by atoms with Crippen LogP contribution in [0.2, 0.25) is 0 Å². The minimum absolute atomic E-state index is 0.381. The van der Waals surface area contributed by atoms with Crippen LogP contribution < -0.4 is 20.1 Å². The fourth-order valence-corrected chi connectivity index (χ4v) is 4.18. The van der Waals surface area contributed by atoms with Gasteiger partial charge in [0.15, 0.2) is 0 Å². The molecule has 1 aliphatic heterocycles. The topological polar surface area (TPSA) is 97.0 Å². The molecule has 2 N–H and O–H groups in total. The highest BCUT2D eigenvalue weighted by atomic mass is 16.5. The third kappa shape index (κ3) is 3.34. The van der Waals surface area contributed by atoms with Gasteiger partial charge in [0.1, 0.15) is 23.6 Å². The van der Waals surface area contributed by atoms with E-state index in [4.69, 9.17) is 9.47 Å². The summed E-state index contributed by atoms with van der Waals surface area (Å²) in [6, 6.07) is 12.0. The van der Waals surface area contributed by atoms with Crippen LogP contribution in [0.3, 0.4) is 0 Å². The molecular formula is C22H23N3O5. The Morgan fingerprint density at radius 1 is 1.13 bits per heavy atom. The highest BCUT2D eigenvalue weighted by Crippen LogP contribution is 2.39. The molecule has 0 aromatic heterocycles. The van der Waals surface area contributed by atoms with Crippen LogP contribution in [0, 0.1) is 0 Å². The van der Waals surface area contributed by atoms with Gasteiger partial charge >= 0.3 is 6.03 Å². The van der Waals surface area contributed by atoms with Crippen molar-refractivity contribution in [2.75, 3.05) is 26.1 Å². The van der Waals surface area contributed by atoms with Gasteiger partial charge in [-0.15, -0.1) is 0 Å². The summed E-state index contributed by atoms with van der Waals surface area (Å²) in [6.07, 6.45) is 2.16. The number of rotatable bonds is 5. The van der Waals surface area contributed by atoms with Gasteiger partial charge in [0.05, 0.1) is 14.2 Å². The van der Waals surface area contributed by atoms with Crippen molar-refractivity contribution in [1.82, 2.24) is 10.2 Å². The molecule has 2 aromatic rings. The third-order valence-corrected chi connectivity index (χ3v) is 5.59. The Balaban J connectivity index is 1.53. The Labute approximate surface area is 174 Å². The molecule has 2 aliphatic rings. The molecule has 1 heterocycles. The lowest BCUT2D eigenvalue weighted by Gasteiger charge is -2.33. The van der Waals surface area contributed by atoms with E-state index in [0.717, 1.165) is 28.9 Å². The van der Waals surface area contributed by atoms with Gasteiger partial charge in [-0.1, -0.05) is 24.3 Å². The number of aryl methyl sites for hydroxylation is 1. The monoisotopic (exact) mass is 409 g/mol. The van der Waals surface area contributed by atoms with E-state index >= 15 is 0 Å². The Morgan fingerprint density at radius 3 is 2.53 bits per heavy atom. The number of methoxy groups -OCH3 is 2. The normalized spacial score (nSPS) is 20.0. The molecule has 1 unspecified atom stereocenters. The van der Waals surface area contributed by atoms with Crippen LogP contribution in [0.15, 0.2) is 42.5 Å². The number of amides is 4. The summed E-state index contributed by atoms with van der Waals surface area (Å²) in [7, 11) is 3.02. The predicted octanol–water partition coefficient (Wildman–Crippen LogP) is 2.43. The number of benzene rings is 2. The first kappa shape index (κ1) is 19.8. The average molecular weight is 409 g/mol. The van der Waals surface area contributed by atoms with Gasteiger partial charge in [-0.05, 0) is 30.4 Å². The Bertz CT molecular complexity index is 999. The maximum Gasteiger partial charge on any atom is 0.325 e. The van der Waals surface area contributed by atoms with Crippen molar-refractivity contribution in [2.24, 2.45) is 0 Å². The molecule has 156 valence electrons. The predicted molar refractivity (Wildman–Crippen MR) is 109 cm³/mol. The highest BCUT2D eigenvalue weighted by molar-refractivity contribution is 6.10. The van der Waals surface area contributed by atoms with E-state index in [0.29, 0.717) is 23.6 Å². The summed E-state index contributed by atoms with van der Waals surface area (Å²) in [5.41, 5.74) is 1.22. The number of carbonyl (C=O) groups is 3. The van der Waals surface area contributed by atoms with Crippen molar-refractivity contribution in [3.63, 3.8) is 0 Å². The first-order valence-electron chi connectivity index (χ1n) is 9.72. The van der Waals surface area contributed by atoms with Gasteiger partial charge in [-0.3, -0.25) is 14.5 Å². The summed E-state index contributed by atoms with van der Waals surface area (Å²) >= 11 is 0. The smallest absolute Gasteiger partial charge is 0.325 e. The van der Waals surface area contributed by atoms with Gasteiger partial charge in [-0.2, -0.15) is 0 Å². The third-order valence-electron chi connectivity index (χ3n) is 5.59. The largest absolute Gasteiger partial charge is 0.497 e. The molecule has 8 nitrogen and oxygen atoms in total. The number of carbonyl (C=O) groups excluding carboxylic acids is 3. The van der Waals surface area contributed by atoms with Crippen molar-refractivity contribution < 1.29 is 23.9 Å². The number of fused-ring (bicyclic) bond motifs is 2. The first-order valence-corrected chi connectivity index (χ1v) is 9.72. The second-order valence-electron chi connectivity index (χ2n) is 7.39. The number of imide groups is 1. The van der Waals surface area contributed by atoms with Crippen molar-refractivity contribution in [3.8, 4) is 11.5 Å². The van der Waals surface area contributed by atoms with E-state index in [9.17, 15) is 14.4 Å². The summed E-state index contributed by atoms with van der Waals surface area (Å²) in [4.78, 5) is 39.5. The van der Waals surface area contributed by atoms with Gasteiger partial charge in [-0.25, -0.2) is 4.79 Å². The molecule has 0 saturated carbocycles. The number of hydrogen-bond acceptors (Lipinski definition) is 5. The molecule has 4 rings (SSSR count). The molecule has 1 fully saturated rings. The highest BCUT2D eigenvalue weighted by Gasteiger charge is 2.54. The number of anilines is 1. The number of nitrogens with zero attached hydrogens (tertiary/aromatic N) is 1. The van der Waals surface area contributed by atoms with Crippen molar-refractivity contribution in [1.29, 1.82) is 0 Å². The summed E-state index contributed by atoms with van der Waals surface area (Å²) in [6.45, 7) is -0.381. The van der Waals surface area contributed by atoms with E-state index in [1.54, 1.807) is 18.2 Å². The second kappa shape index (κ2) is 7.70. The van der Waals surface area contributed by atoms with Gasteiger partial charge in [0.25, 0.3) is 5.91 Å². The number of ether oxygens (including phenoxy) is 2. The van der Waals surface area contributed by atoms with Gasteiger partial charge in [0, 0.05) is 23.9 Å². The molecular weight excluding hydrogens is 386 g/mol. The molecule has 1 saturated heterocycles. The van der Waals surface area contributed by atoms with Crippen molar-refractivity contribution >= 4 is 23.5 Å². The number of nitrogens with one attached hydrogen (secondary N) is 2. The molecule has 0 bridgehead atoms. The van der Waals surface area contributed by atoms with Crippen LogP contribution in [0.4, 0.5) is 10.5 Å². The summed E-state index contributed by atoms with van der Waals surface area (Å²) in [5.74, 6) is 0.141. The molecule has 1 aliphatic carbocycles. The van der Waals surface area contributed by atoms with Crippen LogP contribution in [-0.4, -0.2) is 43.5 Å². The van der Waals surface area contributed by atoms with E-state index < -0.39 is 23.4 Å². The SMILES string of the molecule is COc1cc(NC(=O)CN2C(=O)NC3(CCCc4ccccc43)C2=O)cc(OC)c1. The molecule has 8 heteroatoms. The number of urea groups is 1. The lowest BCUT2D eigenvalue weighted by atomic mass is 9.76. The molecule has 1 atom stereocenters.